The maximum Gasteiger partial charge on any atom is 0.313 e. The summed E-state index contributed by atoms with van der Waals surface area (Å²) in [7, 11) is 0. The predicted octanol–water partition coefficient (Wildman–Crippen LogP) is 1.63. The highest BCUT2D eigenvalue weighted by Gasteiger charge is 2.19. The zero-order chi connectivity index (χ0) is 16.1. The molecule has 1 aromatic carbocycles. The molecule has 0 saturated heterocycles. The van der Waals surface area contributed by atoms with Crippen LogP contribution in [0.5, 0.6) is 0 Å². The number of fused-ring (bicyclic) bond motifs is 1. The third-order valence-corrected chi connectivity index (χ3v) is 4.62. The molecule has 0 aliphatic carbocycles. The number of ketones is 1. The van der Waals surface area contributed by atoms with Crippen LogP contribution in [0.25, 0.3) is 0 Å². The molecule has 1 heterocycles. The third kappa shape index (κ3) is 4.34. The van der Waals surface area contributed by atoms with Crippen LogP contribution in [0.15, 0.2) is 18.2 Å². The van der Waals surface area contributed by atoms with Gasteiger partial charge < -0.3 is 10.0 Å². The normalized spacial score (nSPS) is 14.1. The van der Waals surface area contributed by atoms with Gasteiger partial charge in [-0.25, -0.2) is 0 Å². The summed E-state index contributed by atoms with van der Waals surface area (Å²) in [5.41, 5.74) is 3.01. The molecule has 0 atom stereocenters. The molecule has 22 heavy (non-hydrogen) atoms. The van der Waals surface area contributed by atoms with Gasteiger partial charge in [-0.1, -0.05) is 12.1 Å². The first kappa shape index (κ1) is 16.5. The zero-order valence-corrected chi connectivity index (χ0v) is 13.3. The summed E-state index contributed by atoms with van der Waals surface area (Å²) in [6, 6.07) is 5.73. The minimum Gasteiger partial charge on any atom is -0.481 e. The SMILES string of the molecule is CC(=O)c1ccc2c(c1)CCN(C(=O)CSCC(=O)O)CC2. The van der Waals surface area contributed by atoms with Crippen LogP contribution in [0.1, 0.15) is 28.4 Å². The van der Waals surface area contributed by atoms with E-state index in [9.17, 15) is 14.4 Å². The number of rotatable bonds is 5. The summed E-state index contributed by atoms with van der Waals surface area (Å²) >= 11 is 1.12. The van der Waals surface area contributed by atoms with Crippen LogP contribution >= 0.6 is 11.8 Å². The number of carboxylic acids is 1. The van der Waals surface area contributed by atoms with Gasteiger partial charge in [0.1, 0.15) is 0 Å². The molecule has 0 aromatic heterocycles. The van der Waals surface area contributed by atoms with E-state index in [1.807, 2.05) is 18.2 Å². The Hall–Kier alpha value is -1.82. The monoisotopic (exact) mass is 321 g/mol. The number of amides is 1. The van der Waals surface area contributed by atoms with Crippen molar-refractivity contribution in [2.45, 2.75) is 19.8 Å². The molecule has 0 saturated carbocycles. The van der Waals surface area contributed by atoms with E-state index in [0.29, 0.717) is 18.7 Å². The number of nitrogens with zero attached hydrogens (tertiary/aromatic N) is 1. The van der Waals surface area contributed by atoms with Crippen LogP contribution in [0.3, 0.4) is 0 Å². The molecule has 1 N–H and O–H groups in total. The van der Waals surface area contributed by atoms with E-state index in [4.69, 9.17) is 5.11 Å². The van der Waals surface area contributed by atoms with Crippen LogP contribution in [0, 0.1) is 0 Å². The smallest absolute Gasteiger partial charge is 0.313 e. The molecule has 1 aliphatic heterocycles. The lowest BCUT2D eigenvalue weighted by molar-refractivity contribution is -0.133. The van der Waals surface area contributed by atoms with Crippen molar-refractivity contribution in [2.24, 2.45) is 0 Å². The first-order valence-electron chi connectivity index (χ1n) is 7.17. The second-order valence-electron chi connectivity index (χ2n) is 5.31. The Bertz CT molecular complexity index is 600. The molecular formula is C16H19NO4S. The third-order valence-electron chi connectivity index (χ3n) is 3.72. The Morgan fingerprint density at radius 1 is 1.14 bits per heavy atom. The van der Waals surface area contributed by atoms with E-state index in [1.54, 1.807) is 11.8 Å². The lowest BCUT2D eigenvalue weighted by atomic mass is 9.99. The molecule has 0 fully saturated rings. The fourth-order valence-corrected chi connectivity index (χ4v) is 3.14. The number of hydrogen-bond donors (Lipinski definition) is 1. The molecule has 0 radical (unpaired) electrons. The number of aliphatic carboxylic acids is 1. The van der Waals surface area contributed by atoms with Crippen molar-refractivity contribution in [3.05, 3.63) is 34.9 Å². The summed E-state index contributed by atoms with van der Waals surface area (Å²) in [5.74, 6) is -0.739. The van der Waals surface area contributed by atoms with Gasteiger partial charge >= 0.3 is 5.97 Å². The van der Waals surface area contributed by atoms with Crippen LogP contribution in [0.4, 0.5) is 0 Å². The van der Waals surface area contributed by atoms with Crippen LogP contribution in [-0.4, -0.2) is 52.3 Å². The average molecular weight is 321 g/mol. The number of thioether (sulfide) groups is 1. The minimum absolute atomic E-state index is 0.0224. The van der Waals surface area contributed by atoms with E-state index >= 15 is 0 Å². The molecule has 0 unspecified atom stereocenters. The molecule has 5 nitrogen and oxygen atoms in total. The van der Waals surface area contributed by atoms with Gasteiger partial charge in [-0.2, -0.15) is 0 Å². The van der Waals surface area contributed by atoms with Crippen molar-refractivity contribution in [2.75, 3.05) is 24.6 Å². The maximum absolute atomic E-state index is 12.1. The Morgan fingerprint density at radius 2 is 1.82 bits per heavy atom. The minimum atomic E-state index is -0.905. The molecule has 1 amide bonds. The second-order valence-corrected chi connectivity index (χ2v) is 6.29. The van der Waals surface area contributed by atoms with Gasteiger partial charge in [-0.3, -0.25) is 14.4 Å². The van der Waals surface area contributed by atoms with Crippen molar-refractivity contribution in [1.29, 1.82) is 0 Å². The Balaban J connectivity index is 1.97. The first-order valence-corrected chi connectivity index (χ1v) is 8.33. The molecular weight excluding hydrogens is 302 g/mol. The molecule has 2 rings (SSSR count). The van der Waals surface area contributed by atoms with Crippen molar-refractivity contribution in [3.63, 3.8) is 0 Å². The fraction of sp³-hybridized carbons (Fsp3) is 0.438. The lowest BCUT2D eigenvalue weighted by Crippen LogP contribution is -2.34. The van der Waals surface area contributed by atoms with Crippen molar-refractivity contribution in [1.82, 2.24) is 4.90 Å². The largest absolute Gasteiger partial charge is 0.481 e. The highest BCUT2D eigenvalue weighted by atomic mass is 32.2. The van der Waals surface area contributed by atoms with Gasteiger partial charge in [0.2, 0.25) is 5.91 Å². The summed E-state index contributed by atoms with van der Waals surface area (Å²) in [6.07, 6.45) is 1.49. The molecule has 1 aromatic rings. The van der Waals surface area contributed by atoms with Gasteiger partial charge in [0.25, 0.3) is 0 Å². The standard InChI is InChI=1S/C16H19NO4S/c1-11(18)13-3-2-12-4-6-17(7-5-14(12)8-13)15(19)9-22-10-16(20)21/h2-3,8H,4-7,9-10H2,1H3,(H,20,21). The van der Waals surface area contributed by atoms with Gasteiger partial charge in [0.15, 0.2) is 5.78 Å². The van der Waals surface area contributed by atoms with E-state index in [-0.39, 0.29) is 23.2 Å². The Morgan fingerprint density at radius 3 is 2.45 bits per heavy atom. The first-order chi connectivity index (χ1) is 10.5. The topological polar surface area (TPSA) is 74.7 Å². The van der Waals surface area contributed by atoms with E-state index < -0.39 is 5.97 Å². The van der Waals surface area contributed by atoms with E-state index in [1.165, 1.54) is 5.56 Å². The highest BCUT2D eigenvalue weighted by Crippen LogP contribution is 2.19. The average Bonchev–Trinajstić information content (AvgIpc) is 2.68. The Labute approximate surface area is 133 Å². The summed E-state index contributed by atoms with van der Waals surface area (Å²) < 4.78 is 0. The van der Waals surface area contributed by atoms with Crippen LogP contribution in [-0.2, 0) is 22.4 Å². The summed E-state index contributed by atoms with van der Waals surface area (Å²) in [6.45, 7) is 2.80. The van der Waals surface area contributed by atoms with Gasteiger partial charge in [-0.15, -0.1) is 11.8 Å². The van der Waals surface area contributed by atoms with Gasteiger partial charge in [-0.05, 0) is 37.0 Å². The van der Waals surface area contributed by atoms with Gasteiger partial charge in [0, 0.05) is 18.7 Å². The molecule has 6 heteroatoms. The van der Waals surface area contributed by atoms with Crippen molar-refractivity contribution >= 4 is 29.4 Å². The lowest BCUT2D eigenvalue weighted by Gasteiger charge is -2.19. The molecule has 0 bridgehead atoms. The Kier molecular flexibility index (Phi) is 5.60. The van der Waals surface area contributed by atoms with Crippen molar-refractivity contribution in [3.8, 4) is 0 Å². The number of carbonyl (C=O) groups is 3. The molecule has 118 valence electrons. The number of benzene rings is 1. The van der Waals surface area contributed by atoms with Crippen LogP contribution in [0.2, 0.25) is 0 Å². The van der Waals surface area contributed by atoms with E-state index in [2.05, 4.69) is 0 Å². The highest BCUT2D eigenvalue weighted by molar-refractivity contribution is 8.00. The van der Waals surface area contributed by atoms with Crippen LogP contribution < -0.4 is 0 Å². The fourth-order valence-electron chi connectivity index (χ4n) is 2.51. The van der Waals surface area contributed by atoms with E-state index in [0.717, 1.165) is 30.2 Å². The zero-order valence-electron chi connectivity index (χ0n) is 12.5. The number of hydrogen-bond acceptors (Lipinski definition) is 4. The second kappa shape index (κ2) is 7.45. The molecule has 1 aliphatic rings. The summed E-state index contributed by atoms with van der Waals surface area (Å²) in [4.78, 5) is 35.8. The number of Topliss-reactive ketones (excluding diaryl/α,β-unsaturated/α-hetero) is 1. The number of carboxylic acid groups (broad SMARTS) is 1. The quantitative estimate of drug-likeness (QED) is 0.835. The molecule has 0 spiro atoms. The van der Waals surface area contributed by atoms with Gasteiger partial charge in [0.05, 0.1) is 11.5 Å². The maximum atomic E-state index is 12.1. The predicted molar refractivity (Wildman–Crippen MR) is 85.4 cm³/mol. The summed E-state index contributed by atoms with van der Waals surface area (Å²) in [5, 5.41) is 8.60. The number of carbonyl (C=O) groups excluding carboxylic acids is 2. The van der Waals surface area contributed by atoms with Crippen molar-refractivity contribution < 1.29 is 19.5 Å².